The summed E-state index contributed by atoms with van der Waals surface area (Å²) in [5.41, 5.74) is 0. The smallest absolute Gasteiger partial charge is 0.313 e. The molecule has 0 bridgehead atoms. The zero-order chi connectivity index (χ0) is 13.1. The number of hydrogen-bond donors (Lipinski definition) is 1. The molecule has 1 aromatic heterocycles. The van der Waals surface area contributed by atoms with Gasteiger partial charge in [0, 0.05) is 32.4 Å². The zero-order valence-corrected chi connectivity index (χ0v) is 10.9. The number of likely N-dealkylation sites (N-methyl/N-ethyl adjacent to an activating group) is 1. The summed E-state index contributed by atoms with van der Waals surface area (Å²) in [6.07, 6.45) is 4.82. The summed E-state index contributed by atoms with van der Waals surface area (Å²) in [4.78, 5) is 27.9. The predicted molar refractivity (Wildman–Crippen MR) is 66.5 cm³/mol. The van der Waals surface area contributed by atoms with E-state index in [2.05, 4.69) is 4.98 Å². The number of likely N-dealkylation sites (tertiary alicyclic amines) is 1. The van der Waals surface area contributed by atoms with E-state index in [1.165, 1.54) is 11.8 Å². The minimum atomic E-state index is -0.856. The Kier molecular flexibility index (Phi) is 3.90. The zero-order valence-electron chi connectivity index (χ0n) is 10.1. The van der Waals surface area contributed by atoms with Gasteiger partial charge in [0.1, 0.15) is 0 Å². The van der Waals surface area contributed by atoms with Gasteiger partial charge in [-0.3, -0.25) is 9.59 Å². The molecular weight excluding hydrogens is 254 g/mol. The van der Waals surface area contributed by atoms with Crippen molar-refractivity contribution in [1.82, 2.24) is 14.5 Å². The van der Waals surface area contributed by atoms with Gasteiger partial charge in [-0.2, -0.15) is 0 Å². The molecule has 1 aliphatic heterocycles. The quantitative estimate of drug-likeness (QED) is 0.820. The maximum Gasteiger partial charge on any atom is 0.313 e. The number of carbonyl (C=O) groups excluding carboxylic acids is 1. The van der Waals surface area contributed by atoms with E-state index >= 15 is 0 Å². The number of piperidine rings is 1. The Bertz CT molecular complexity index is 460. The molecule has 18 heavy (non-hydrogen) atoms. The molecule has 0 saturated carbocycles. The Morgan fingerprint density at radius 1 is 1.67 bits per heavy atom. The number of rotatable bonds is 4. The van der Waals surface area contributed by atoms with E-state index in [9.17, 15) is 9.59 Å². The number of carbonyl (C=O) groups is 2. The first-order valence-electron chi connectivity index (χ1n) is 5.69. The number of aromatic nitrogens is 2. The van der Waals surface area contributed by atoms with Gasteiger partial charge in [0.2, 0.25) is 5.91 Å². The fourth-order valence-corrected chi connectivity index (χ4v) is 2.78. The van der Waals surface area contributed by atoms with Crippen molar-refractivity contribution in [3.63, 3.8) is 0 Å². The summed E-state index contributed by atoms with van der Waals surface area (Å²) in [6.45, 7) is 0.649. The molecule has 6 nitrogen and oxygen atoms in total. The van der Waals surface area contributed by atoms with Gasteiger partial charge in [0.05, 0.1) is 11.8 Å². The lowest BCUT2D eigenvalue weighted by Crippen LogP contribution is -2.37. The van der Waals surface area contributed by atoms with Crippen molar-refractivity contribution in [3.8, 4) is 0 Å². The summed E-state index contributed by atoms with van der Waals surface area (Å²) in [6, 6.07) is 0.187. The largest absolute Gasteiger partial charge is 0.481 e. The number of carboxylic acids is 1. The summed E-state index contributed by atoms with van der Waals surface area (Å²) in [5.74, 6) is -0.699. The van der Waals surface area contributed by atoms with Crippen molar-refractivity contribution < 1.29 is 14.7 Å². The van der Waals surface area contributed by atoms with E-state index in [-0.39, 0.29) is 17.7 Å². The van der Waals surface area contributed by atoms with Gasteiger partial charge < -0.3 is 14.6 Å². The number of aliphatic carboxylic acids is 1. The lowest BCUT2D eigenvalue weighted by atomic mass is 10.1. The third kappa shape index (κ3) is 2.84. The van der Waals surface area contributed by atoms with E-state index in [1.54, 1.807) is 18.1 Å². The van der Waals surface area contributed by atoms with Crippen LogP contribution in [0.25, 0.3) is 0 Å². The van der Waals surface area contributed by atoms with Crippen LogP contribution in [0, 0.1) is 0 Å². The minimum Gasteiger partial charge on any atom is -0.481 e. The molecule has 0 aliphatic carbocycles. The number of nitrogens with zero attached hydrogens (tertiary/aromatic N) is 3. The topological polar surface area (TPSA) is 75.4 Å². The molecule has 1 amide bonds. The molecule has 0 radical (unpaired) electrons. The van der Waals surface area contributed by atoms with Crippen molar-refractivity contribution in [2.24, 2.45) is 0 Å². The second-order valence-electron chi connectivity index (χ2n) is 4.27. The van der Waals surface area contributed by atoms with E-state index in [4.69, 9.17) is 5.11 Å². The van der Waals surface area contributed by atoms with Crippen LogP contribution in [-0.4, -0.2) is 50.8 Å². The number of thioether (sulfide) groups is 1. The lowest BCUT2D eigenvalue weighted by molar-refractivity contribution is -0.134. The highest BCUT2D eigenvalue weighted by Crippen LogP contribution is 2.26. The van der Waals surface area contributed by atoms with Gasteiger partial charge >= 0.3 is 5.97 Å². The summed E-state index contributed by atoms with van der Waals surface area (Å²) in [7, 11) is 1.79. The van der Waals surface area contributed by atoms with E-state index in [0.717, 1.165) is 6.42 Å². The molecule has 98 valence electrons. The van der Waals surface area contributed by atoms with Crippen molar-refractivity contribution >= 4 is 23.6 Å². The number of amides is 1. The molecule has 1 fully saturated rings. The van der Waals surface area contributed by atoms with Crippen LogP contribution in [0.1, 0.15) is 18.9 Å². The van der Waals surface area contributed by atoms with Crippen LogP contribution in [0.4, 0.5) is 0 Å². The Labute approximate surface area is 109 Å². The van der Waals surface area contributed by atoms with Crippen LogP contribution < -0.4 is 0 Å². The molecule has 2 heterocycles. The molecule has 1 saturated heterocycles. The Hall–Kier alpha value is -1.50. The fraction of sp³-hybridized carbons (Fsp3) is 0.545. The Morgan fingerprint density at radius 3 is 3.11 bits per heavy atom. The molecule has 1 N–H and O–H groups in total. The van der Waals surface area contributed by atoms with Crippen LogP contribution in [0.5, 0.6) is 0 Å². The molecule has 2 rings (SSSR count). The molecule has 1 aliphatic rings. The summed E-state index contributed by atoms with van der Waals surface area (Å²) < 4.78 is 1.97. The molecule has 1 atom stereocenters. The van der Waals surface area contributed by atoms with Crippen molar-refractivity contribution in [1.29, 1.82) is 0 Å². The Balaban J connectivity index is 2.06. The number of carboxylic acid groups (broad SMARTS) is 1. The van der Waals surface area contributed by atoms with Gasteiger partial charge in [0.25, 0.3) is 0 Å². The average molecular weight is 269 g/mol. The highest BCUT2D eigenvalue weighted by atomic mass is 32.2. The molecular formula is C11H15N3O3S. The van der Waals surface area contributed by atoms with Crippen LogP contribution in [0.3, 0.4) is 0 Å². The third-order valence-electron chi connectivity index (χ3n) is 2.95. The highest BCUT2D eigenvalue weighted by Gasteiger charge is 2.25. The standard InChI is InChI=1S/C11H15N3O3S/c1-13-6-8(2-3-9(13)15)14-5-4-12-11(14)18-7-10(16)17/h4-5,8H,2-3,6-7H2,1H3,(H,16,17). The number of hydrogen-bond acceptors (Lipinski definition) is 4. The molecule has 0 aromatic carbocycles. The van der Waals surface area contributed by atoms with Crippen molar-refractivity contribution in [3.05, 3.63) is 12.4 Å². The van der Waals surface area contributed by atoms with Crippen molar-refractivity contribution in [2.75, 3.05) is 19.3 Å². The highest BCUT2D eigenvalue weighted by molar-refractivity contribution is 7.99. The van der Waals surface area contributed by atoms with Gasteiger partial charge in [-0.25, -0.2) is 4.98 Å². The van der Waals surface area contributed by atoms with Gasteiger partial charge in [0.15, 0.2) is 5.16 Å². The van der Waals surface area contributed by atoms with Crippen LogP contribution in [-0.2, 0) is 9.59 Å². The SMILES string of the molecule is CN1CC(n2ccnc2SCC(=O)O)CCC1=O. The summed E-state index contributed by atoms with van der Waals surface area (Å²) in [5, 5.41) is 9.38. The van der Waals surface area contributed by atoms with Crippen LogP contribution in [0.15, 0.2) is 17.6 Å². The molecule has 1 aromatic rings. The van der Waals surface area contributed by atoms with E-state index < -0.39 is 5.97 Å². The first-order chi connectivity index (χ1) is 8.58. The fourth-order valence-electron chi connectivity index (χ4n) is 2.03. The molecule has 0 spiro atoms. The maximum absolute atomic E-state index is 11.4. The monoisotopic (exact) mass is 269 g/mol. The predicted octanol–water partition coefficient (Wildman–Crippen LogP) is 0.853. The van der Waals surface area contributed by atoms with E-state index in [1.807, 2.05) is 10.8 Å². The van der Waals surface area contributed by atoms with Crippen LogP contribution >= 0.6 is 11.8 Å². The minimum absolute atomic E-state index is 0.00148. The lowest BCUT2D eigenvalue weighted by Gasteiger charge is -2.31. The van der Waals surface area contributed by atoms with Gasteiger partial charge in [-0.1, -0.05) is 11.8 Å². The first-order valence-corrected chi connectivity index (χ1v) is 6.68. The third-order valence-corrected chi connectivity index (χ3v) is 3.92. The summed E-state index contributed by atoms with van der Waals surface area (Å²) >= 11 is 1.21. The van der Waals surface area contributed by atoms with Crippen molar-refractivity contribution in [2.45, 2.75) is 24.0 Å². The maximum atomic E-state index is 11.4. The van der Waals surface area contributed by atoms with Gasteiger partial charge in [-0.05, 0) is 6.42 Å². The van der Waals surface area contributed by atoms with Crippen LogP contribution in [0.2, 0.25) is 0 Å². The van der Waals surface area contributed by atoms with E-state index in [0.29, 0.717) is 18.1 Å². The normalized spacial score (nSPS) is 20.2. The molecule has 1 unspecified atom stereocenters. The second kappa shape index (κ2) is 5.43. The van der Waals surface area contributed by atoms with Gasteiger partial charge in [-0.15, -0.1) is 0 Å². The second-order valence-corrected chi connectivity index (χ2v) is 5.21. The average Bonchev–Trinajstić information content (AvgIpc) is 2.78. The molecule has 7 heteroatoms. The first kappa shape index (κ1) is 12.9. The Morgan fingerprint density at radius 2 is 2.44 bits per heavy atom. The number of imidazole rings is 1.